The number of rotatable bonds is 1. The first-order valence-electron chi connectivity index (χ1n) is 4.77. The van der Waals surface area contributed by atoms with Crippen molar-refractivity contribution < 1.29 is 0 Å². The third-order valence-corrected chi connectivity index (χ3v) is 4.39. The fourth-order valence-corrected chi connectivity index (χ4v) is 2.42. The second-order valence-electron chi connectivity index (χ2n) is 5.67. The van der Waals surface area contributed by atoms with E-state index in [1.54, 1.807) is 0 Å². The van der Waals surface area contributed by atoms with E-state index in [0.717, 1.165) is 0 Å². The van der Waals surface area contributed by atoms with E-state index in [0.29, 0.717) is 16.2 Å². The number of hydrogen-bond donors (Lipinski definition) is 0. The van der Waals surface area contributed by atoms with Crippen LogP contribution in [0.25, 0.3) is 0 Å². The van der Waals surface area contributed by atoms with Gasteiger partial charge in [-0.25, -0.2) is 0 Å². The van der Waals surface area contributed by atoms with E-state index in [2.05, 4.69) is 41.5 Å². The smallest absolute Gasteiger partial charge is 0.0218 e. The SMILES string of the molecule is CCC1(C)CC1(C)C(C)(C)C. The lowest BCUT2D eigenvalue weighted by Gasteiger charge is -2.32. The first-order chi connectivity index (χ1) is 4.77. The van der Waals surface area contributed by atoms with Crippen LogP contribution in [0.4, 0.5) is 0 Å². The summed E-state index contributed by atoms with van der Waals surface area (Å²) in [6.07, 6.45) is 2.75. The van der Waals surface area contributed by atoms with Gasteiger partial charge in [0.05, 0.1) is 0 Å². The van der Waals surface area contributed by atoms with Crippen LogP contribution in [-0.2, 0) is 0 Å². The first-order valence-corrected chi connectivity index (χ1v) is 4.77. The predicted octanol–water partition coefficient (Wildman–Crippen LogP) is 3.86. The average molecular weight is 154 g/mol. The zero-order valence-electron chi connectivity index (χ0n) is 8.91. The highest BCUT2D eigenvalue weighted by molar-refractivity contribution is 5.13. The van der Waals surface area contributed by atoms with Crippen molar-refractivity contribution in [3.63, 3.8) is 0 Å². The Bertz CT molecular complexity index is 163. The molecule has 0 aromatic rings. The molecule has 1 aliphatic carbocycles. The van der Waals surface area contributed by atoms with E-state index in [4.69, 9.17) is 0 Å². The van der Waals surface area contributed by atoms with Crippen LogP contribution in [0.3, 0.4) is 0 Å². The van der Waals surface area contributed by atoms with E-state index in [1.165, 1.54) is 12.8 Å². The summed E-state index contributed by atoms with van der Waals surface area (Å²) in [5, 5.41) is 0. The molecule has 1 aliphatic rings. The van der Waals surface area contributed by atoms with E-state index in [1.807, 2.05) is 0 Å². The van der Waals surface area contributed by atoms with Gasteiger partial charge in [-0.2, -0.15) is 0 Å². The van der Waals surface area contributed by atoms with Crippen LogP contribution in [0.5, 0.6) is 0 Å². The lowest BCUT2D eigenvalue weighted by atomic mass is 9.73. The van der Waals surface area contributed by atoms with Crippen molar-refractivity contribution in [3.8, 4) is 0 Å². The summed E-state index contributed by atoms with van der Waals surface area (Å²) in [6, 6.07) is 0. The first kappa shape index (κ1) is 9.09. The van der Waals surface area contributed by atoms with Gasteiger partial charge in [-0.1, -0.05) is 48.0 Å². The minimum absolute atomic E-state index is 0.484. The normalized spacial score (nSPS) is 44.2. The zero-order valence-corrected chi connectivity index (χ0v) is 8.91. The third-order valence-electron chi connectivity index (χ3n) is 4.39. The van der Waals surface area contributed by atoms with Gasteiger partial charge in [0.15, 0.2) is 0 Å². The molecule has 66 valence electrons. The fraction of sp³-hybridized carbons (Fsp3) is 1.00. The van der Waals surface area contributed by atoms with Gasteiger partial charge in [-0.15, -0.1) is 0 Å². The Morgan fingerprint density at radius 3 is 1.73 bits per heavy atom. The molecule has 0 heterocycles. The van der Waals surface area contributed by atoms with Crippen molar-refractivity contribution in [3.05, 3.63) is 0 Å². The van der Waals surface area contributed by atoms with Gasteiger partial charge in [0.2, 0.25) is 0 Å². The Balaban J connectivity index is 2.77. The molecule has 0 nitrogen and oxygen atoms in total. The fourth-order valence-electron chi connectivity index (χ4n) is 2.42. The van der Waals surface area contributed by atoms with Crippen molar-refractivity contribution in [1.82, 2.24) is 0 Å². The largest absolute Gasteiger partial charge is 0.0648 e. The molecule has 2 atom stereocenters. The Kier molecular flexibility index (Phi) is 1.67. The van der Waals surface area contributed by atoms with Gasteiger partial charge in [-0.3, -0.25) is 0 Å². The van der Waals surface area contributed by atoms with E-state index < -0.39 is 0 Å². The van der Waals surface area contributed by atoms with Gasteiger partial charge in [0.25, 0.3) is 0 Å². The molecule has 0 saturated heterocycles. The summed E-state index contributed by atoms with van der Waals surface area (Å²) in [5.74, 6) is 0. The summed E-state index contributed by atoms with van der Waals surface area (Å²) >= 11 is 0. The second kappa shape index (κ2) is 2.02. The molecule has 0 radical (unpaired) electrons. The van der Waals surface area contributed by atoms with Crippen molar-refractivity contribution in [1.29, 1.82) is 0 Å². The monoisotopic (exact) mass is 154 g/mol. The Morgan fingerprint density at radius 1 is 1.18 bits per heavy atom. The molecule has 0 bridgehead atoms. The maximum Gasteiger partial charge on any atom is -0.0218 e. The molecule has 0 aliphatic heterocycles. The molecule has 0 N–H and O–H groups in total. The topological polar surface area (TPSA) is 0 Å². The second-order valence-corrected chi connectivity index (χ2v) is 5.67. The van der Waals surface area contributed by atoms with Crippen LogP contribution < -0.4 is 0 Å². The van der Waals surface area contributed by atoms with Gasteiger partial charge in [-0.05, 0) is 22.7 Å². The van der Waals surface area contributed by atoms with Crippen molar-refractivity contribution in [2.24, 2.45) is 16.2 Å². The minimum Gasteiger partial charge on any atom is -0.0648 e. The maximum atomic E-state index is 2.44. The summed E-state index contributed by atoms with van der Waals surface area (Å²) in [5.41, 5.74) is 1.71. The van der Waals surface area contributed by atoms with E-state index in [9.17, 15) is 0 Å². The van der Waals surface area contributed by atoms with E-state index in [-0.39, 0.29) is 0 Å². The molecule has 2 unspecified atom stereocenters. The van der Waals surface area contributed by atoms with Gasteiger partial charge < -0.3 is 0 Å². The minimum atomic E-state index is 0.484. The van der Waals surface area contributed by atoms with Crippen LogP contribution >= 0.6 is 0 Å². The van der Waals surface area contributed by atoms with E-state index >= 15 is 0 Å². The van der Waals surface area contributed by atoms with Gasteiger partial charge in [0.1, 0.15) is 0 Å². The van der Waals surface area contributed by atoms with Crippen molar-refractivity contribution in [2.75, 3.05) is 0 Å². The standard InChI is InChI=1S/C11H22/c1-7-10(5)8-11(10,6)9(2,3)4/h7-8H2,1-6H3. The molecule has 0 heteroatoms. The predicted molar refractivity (Wildman–Crippen MR) is 50.6 cm³/mol. The van der Waals surface area contributed by atoms with Crippen LogP contribution in [0.15, 0.2) is 0 Å². The summed E-state index contributed by atoms with van der Waals surface area (Å²) in [4.78, 5) is 0. The molecule has 11 heavy (non-hydrogen) atoms. The van der Waals surface area contributed by atoms with Crippen LogP contribution in [-0.4, -0.2) is 0 Å². The molecule has 1 rings (SSSR count). The van der Waals surface area contributed by atoms with Gasteiger partial charge in [0, 0.05) is 0 Å². The lowest BCUT2D eigenvalue weighted by Crippen LogP contribution is -2.24. The average Bonchev–Trinajstić information content (AvgIpc) is 2.38. The molecular formula is C11H22. The maximum absolute atomic E-state index is 2.44. The number of hydrogen-bond acceptors (Lipinski definition) is 0. The Morgan fingerprint density at radius 2 is 1.64 bits per heavy atom. The molecule has 0 aromatic carbocycles. The summed E-state index contributed by atoms with van der Waals surface area (Å²) < 4.78 is 0. The quantitative estimate of drug-likeness (QED) is 0.538. The molecule has 0 amide bonds. The van der Waals surface area contributed by atoms with Crippen LogP contribution in [0, 0.1) is 16.2 Å². The van der Waals surface area contributed by atoms with Crippen LogP contribution in [0.2, 0.25) is 0 Å². The third kappa shape index (κ3) is 1.02. The molecule has 1 fully saturated rings. The Hall–Kier alpha value is 0. The molecule has 1 saturated carbocycles. The Labute approximate surface area is 71.4 Å². The van der Waals surface area contributed by atoms with Crippen molar-refractivity contribution >= 4 is 0 Å². The highest BCUT2D eigenvalue weighted by Crippen LogP contribution is 2.72. The van der Waals surface area contributed by atoms with Crippen LogP contribution in [0.1, 0.15) is 54.4 Å². The highest BCUT2D eigenvalue weighted by atomic mass is 14.7. The molecule has 0 aromatic heterocycles. The summed E-state index contributed by atoms with van der Waals surface area (Å²) in [6.45, 7) is 14.3. The van der Waals surface area contributed by atoms with Gasteiger partial charge >= 0.3 is 0 Å². The molecule has 0 spiro atoms. The zero-order chi connectivity index (χ0) is 8.91. The highest BCUT2D eigenvalue weighted by Gasteiger charge is 2.64. The molecular weight excluding hydrogens is 132 g/mol. The van der Waals surface area contributed by atoms with Crippen molar-refractivity contribution in [2.45, 2.75) is 54.4 Å². The lowest BCUT2D eigenvalue weighted by molar-refractivity contribution is 0.175. The summed E-state index contributed by atoms with van der Waals surface area (Å²) in [7, 11) is 0.